The molecule has 35 heavy (non-hydrogen) atoms. The minimum Gasteiger partial charge on any atom is -0.497 e. The van der Waals surface area contributed by atoms with Crippen molar-refractivity contribution >= 4 is 35.3 Å². The molecule has 0 saturated heterocycles. The Bertz CT molecular complexity index is 1060. The zero-order valence-corrected chi connectivity index (χ0v) is 21.8. The van der Waals surface area contributed by atoms with Gasteiger partial charge in [0, 0.05) is 4.90 Å². The van der Waals surface area contributed by atoms with Crippen LogP contribution in [0.3, 0.4) is 0 Å². The van der Waals surface area contributed by atoms with Crippen molar-refractivity contribution in [1.29, 1.82) is 0 Å². The van der Waals surface area contributed by atoms with Crippen molar-refractivity contribution in [2.75, 3.05) is 25.2 Å². The molecule has 0 aliphatic carbocycles. The minimum atomic E-state index is -0.669. The summed E-state index contributed by atoms with van der Waals surface area (Å²) in [5, 5.41) is -0.336. The van der Waals surface area contributed by atoms with E-state index in [-0.39, 0.29) is 24.3 Å². The van der Waals surface area contributed by atoms with Crippen LogP contribution >= 0.6 is 11.8 Å². The Kier molecular flexibility index (Phi) is 8.83. The van der Waals surface area contributed by atoms with Gasteiger partial charge in [0.1, 0.15) is 17.9 Å². The molecular weight excluding hydrogens is 466 g/mol. The summed E-state index contributed by atoms with van der Waals surface area (Å²) >= 11 is 1.47. The van der Waals surface area contributed by atoms with Crippen LogP contribution < -0.4 is 9.64 Å². The Balaban J connectivity index is 1.79. The number of hydrogen-bond acceptors (Lipinski definition) is 7. The fraction of sp³-hybridized carbons (Fsp3) is 0.444. The number of carbonyl (C=O) groups excluding carboxylic acids is 3. The van der Waals surface area contributed by atoms with Gasteiger partial charge in [-0.1, -0.05) is 12.1 Å². The Labute approximate surface area is 211 Å². The number of amides is 1. The van der Waals surface area contributed by atoms with Crippen LogP contribution in [0.2, 0.25) is 0 Å². The molecule has 0 aromatic heterocycles. The van der Waals surface area contributed by atoms with Crippen molar-refractivity contribution in [2.45, 2.75) is 62.7 Å². The second-order valence-corrected chi connectivity index (χ2v) is 10.5. The Morgan fingerprint density at radius 2 is 1.80 bits per heavy atom. The summed E-state index contributed by atoms with van der Waals surface area (Å²) in [6.07, 6.45) is 2.29. The number of methoxy groups -OCH3 is 1. The molecule has 1 amide bonds. The molecule has 8 heteroatoms. The smallest absolute Gasteiger partial charge is 0.338 e. The van der Waals surface area contributed by atoms with E-state index in [1.165, 1.54) is 22.2 Å². The SMILES string of the molecule is CCOC(=O)c1ccc2c(c1)N(CC(=O)OC(C)(C)C)C(=O)[C@@H](CCCc1ccc(OC)cc1)S2. The van der Waals surface area contributed by atoms with Gasteiger partial charge < -0.3 is 14.2 Å². The predicted molar refractivity (Wildman–Crippen MR) is 136 cm³/mol. The molecule has 0 saturated carbocycles. The summed E-state index contributed by atoms with van der Waals surface area (Å²) in [5.41, 5.74) is 1.37. The lowest BCUT2D eigenvalue weighted by molar-refractivity contribution is -0.153. The molecule has 0 N–H and O–H groups in total. The molecule has 1 aliphatic rings. The standard InChI is InChI=1S/C27H33NO6S/c1-6-33-26(31)19-12-15-22-21(16-19)28(17-24(29)34-27(2,3)4)25(30)23(35-22)9-7-8-18-10-13-20(32-5)14-11-18/h10-16,23H,6-9,17H2,1-5H3/t23-/m1/s1. The highest BCUT2D eigenvalue weighted by Crippen LogP contribution is 2.41. The van der Waals surface area contributed by atoms with Crippen LogP contribution in [0.15, 0.2) is 47.4 Å². The average molecular weight is 500 g/mol. The maximum Gasteiger partial charge on any atom is 0.338 e. The first-order chi connectivity index (χ1) is 16.6. The van der Waals surface area contributed by atoms with Gasteiger partial charge in [0.25, 0.3) is 0 Å². The summed E-state index contributed by atoms with van der Waals surface area (Å²) in [7, 11) is 1.64. The van der Waals surface area contributed by atoms with Gasteiger partial charge in [-0.3, -0.25) is 14.5 Å². The number of nitrogens with zero attached hydrogens (tertiary/aromatic N) is 1. The molecule has 2 aromatic rings. The molecule has 0 bridgehead atoms. The molecule has 7 nitrogen and oxygen atoms in total. The number of thioether (sulfide) groups is 1. The fourth-order valence-electron chi connectivity index (χ4n) is 3.80. The lowest BCUT2D eigenvalue weighted by Crippen LogP contribution is -2.45. The maximum atomic E-state index is 13.5. The zero-order valence-electron chi connectivity index (χ0n) is 21.0. The van der Waals surface area contributed by atoms with Crippen LogP contribution in [0.5, 0.6) is 5.75 Å². The lowest BCUT2D eigenvalue weighted by atomic mass is 10.1. The Hall–Kier alpha value is -3.00. The molecule has 188 valence electrons. The third-order valence-electron chi connectivity index (χ3n) is 5.37. The molecule has 1 aliphatic heterocycles. The molecule has 0 spiro atoms. The van der Waals surface area contributed by atoms with Crippen molar-refractivity contribution in [3.63, 3.8) is 0 Å². The topological polar surface area (TPSA) is 82.1 Å². The van der Waals surface area contributed by atoms with E-state index in [1.54, 1.807) is 46.9 Å². The van der Waals surface area contributed by atoms with E-state index >= 15 is 0 Å². The molecule has 0 fully saturated rings. The number of rotatable bonds is 9. The monoisotopic (exact) mass is 499 g/mol. The quantitative estimate of drug-likeness (QED) is 0.447. The van der Waals surface area contributed by atoms with E-state index in [0.717, 1.165) is 23.5 Å². The van der Waals surface area contributed by atoms with E-state index < -0.39 is 17.5 Å². The van der Waals surface area contributed by atoms with Crippen molar-refractivity contribution in [3.8, 4) is 5.75 Å². The molecular formula is C27H33NO6S. The number of hydrogen-bond donors (Lipinski definition) is 0. The van der Waals surface area contributed by atoms with Gasteiger partial charge in [-0.25, -0.2) is 4.79 Å². The molecule has 1 atom stereocenters. The van der Waals surface area contributed by atoms with Crippen LogP contribution in [-0.2, 0) is 25.5 Å². The summed E-state index contributed by atoms with van der Waals surface area (Å²) < 4.78 is 15.8. The van der Waals surface area contributed by atoms with Gasteiger partial charge in [-0.2, -0.15) is 0 Å². The van der Waals surface area contributed by atoms with Gasteiger partial charge in [0.05, 0.1) is 30.2 Å². The summed E-state index contributed by atoms with van der Waals surface area (Å²) in [6, 6.07) is 13.0. The number of carbonyl (C=O) groups is 3. The Morgan fingerprint density at radius 3 is 2.43 bits per heavy atom. The van der Waals surface area contributed by atoms with Crippen LogP contribution in [0, 0.1) is 0 Å². The summed E-state index contributed by atoms with van der Waals surface area (Å²) in [4.78, 5) is 40.7. The first-order valence-electron chi connectivity index (χ1n) is 11.7. The van der Waals surface area contributed by atoms with E-state index in [4.69, 9.17) is 14.2 Å². The molecule has 0 unspecified atom stereocenters. The highest BCUT2D eigenvalue weighted by molar-refractivity contribution is 8.01. The average Bonchev–Trinajstić information content (AvgIpc) is 2.80. The number of ether oxygens (including phenoxy) is 3. The summed E-state index contributed by atoms with van der Waals surface area (Å²) in [5.74, 6) is -0.318. The number of benzene rings is 2. The first kappa shape index (κ1) is 26.6. The van der Waals surface area contributed by atoms with Crippen molar-refractivity contribution in [3.05, 3.63) is 53.6 Å². The second-order valence-electron chi connectivity index (χ2n) is 9.26. The molecule has 0 radical (unpaired) electrons. The van der Waals surface area contributed by atoms with E-state index in [0.29, 0.717) is 17.7 Å². The highest BCUT2D eigenvalue weighted by atomic mass is 32.2. The highest BCUT2D eigenvalue weighted by Gasteiger charge is 2.35. The number of aryl methyl sites for hydroxylation is 1. The number of esters is 2. The van der Waals surface area contributed by atoms with Crippen LogP contribution in [-0.4, -0.2) is 49.0 Å². The van der Waals surface area contributed by atoms with Gasteiger partial charge in [-0.15, -0.1) is 11.8 Å². The molecule has 1 heterocycles. The van der Waals surface area contributed by atoms with Gasteiger partial charge in [0.2, 0.25) is 5.91 Å². The van der Waals surface area contributed by atoms with Gasteiger partial charge >= 0.3 is 11.9 Å². The van der Waals surface area contributed by atoms with Crippen molar-refractivity contribution < 1.29 is 28.6 Å². The van der Waals surface area contributed by atoms with Crippen LogP contribution in [0.25, 0.3) is 0 Å². The molecule has 3 rings (SSSR count). The van der Waals surface area contributed by atoms with E-state index in [9.17, 15) is 14.4 Å². The first-order valence-corrected chi connectivity index (χ1v) is 12.6. The third kappa shape index (κ3) is 7.24. The van der Waals surface area contributed by atoms with Crippen molar-refractivity contribution in [2.24, 2.45) is 0 Å². The largest absolute Gasteiger partial charge is 0.497 e. The maximum absolute atomic E-state index is 13.5. The lowest BCUT2D eigenvalue weighted by Gasteiger charge is -2.34. The number of fused-ring (bicyclic) bond motifs is 1. The zero-order chi connectivity index (χ0) is 25.6. The van der Waals surface area contributed by atoms with E-state index in [1.807, 2.05) is 30.3 Å². The normalized spacial score (nSPS) is 15.4. The number of anilines is 1. The van der Waals surface area contributed by atoms with E-state index in [2.05, 4.69) is 0 Å². The molecule has 2 aromatic carbocycles. The summed E-state index contributed by atoms with van der Waals surface area (Å²) in [6.45, 7) is 7.13. The van der Waals surface area contributed by atoms with Gasteiger partial charge in [0.15, 0.2) is 0 Å². The van der Waals surface area contributed by atoms with Crippen molar-refractivity contribution in [1.82, 2.24) is 0 Å². The minimum absolute atomic E-state index is 0.163. The predicted octanol–water partition coefficient (Wildman–Crippen LogP) is 5.04. The third-order valence-corrected chi connectivity index (χ3v) is 6.69. The van der Waals surface area contributed by atoms with Crippen LogP contribution in [0.4, 0.5) is 5.69 Å². The van der Waals surface area contributed by atoms with Crippen LogP contribution in [0.1, 0.15) is 56.5 Å². The second kappa shape index (κ2) is 11.6. The van der Waals surface area contributed by atoms with Gasteiger partial charge in [-0.05, 0) is 82.9 Å². The fourth-order valence-corrected chi connectivity index (χ4v) is 5.05. The Morgan fingerprint density at radius 1 is 1.09 bits per heavy atom.